The lowest BCUT2D eigenvalue weighted by Gasteiger charge is -2.02. The first-order valence-electron chi connectivity index (χ1n) is 8.02. The van der Waals surface area contributed by atoms with Gasteiger partial charge in [-0.15, -0.1) is 12.6 Å². The smallest absolute Gasteiger partial charge is 0.200 e. The van der Waals surface area contributed by atoms with E-state index in [1.165, 1.54) is 18.2 Å². The van der Waals surface area contributed by atoms with E-state index in [0.29, 0.717) is 5.56 Å². The first-order valence-corrected chi connectivity index (χ1v) is 8.46. The van der Waals surface area contributed by atoms with Gasteiger partial charge in [-0.25, -0.2) is 22.0 Å². The van der Waals surface area contributed by atoms with Crippen LogP contribution in [0.2, 0.25) is 0 Å². The lowest BCUT2D eigenvalue weighted by molar-refractivity contribution is 0.376. The van der Waals surface area contributed by atoms with Crippen LogP contribution < -0.4 is 5.73 Å². The average Bonchev–Trinajstić information content (AvgIpc) is 2.71. The van der Waals surface area contributed by atoms with Crippen LogP contribution in [0.1, 0.15) is 22.3 Å². The highest BCUT2D eigenvalue weighted by Crippen LogP contribution is 2.22. The van der Waals surface area contributed by atoms with Gasteiger partial charge in [-0.2, -0.15) is 0 Å². The predicted molar refractivity (Wildman–Crippen MR) is 103 cm³/mol. The van der Waals surface area contributed by atoms with Gasteiger partial charge in [0.15, 0.2) is 23.3 Å². The van der Waals surface area contributed by atoms with Crippen LogP contribution in [0.4, 0.5) is 27.6 Å². The molecule has 1 nitrogen and oxygen atoms in total. The van der Waals surface area contributed by atoms with Crippen molar-refractivity contribution in [2.75, 3.05) is 5.73 Å². The molecule has 0 heterocycles. The van der Waals surface area contributed by atoms with E-state index in [2.05, 4.69) is 30.4 Å². The van der Waals surface area contributed by atoms with Gasteiger partial charge in [0.05, 0.1) is 0 Å². The topological polar surface area (TPSA) is 26.0 Å². The molecule has 3 aromatic carbocycles. The summed E-state index contributed by atoms with van der Waals surface area (Å²) in [4.78, 5) is 0.798. The quantitative estimate of drug-likeness (QED) is 0.132. The number of halogens is 5. The van der Waals surface area contributed by atoms with Crippen LogP contribution in [0.3, 0.4) is 0 Å². The summed E-state index contributed by atoms with van der Waals surface area (Å²) in [7, 11) is 0. The zero-order chi connectivity index (χ0) is 21.1. The van der Waals surface area contributed by atoms with Gasteiger partial charge in [-0.05, 0) is 42.5 Å². The van der Waals surface area contributed by atoms with Gasteiger partial charge in [0.1, 0.15) is 5.56 Å². The number of rotatable bonds is 0. The van der Waals surface area contributed by atoms with Gasteiger partial charge in [0, 0.05) is 27.3 Å². The fourth-order valence-electron chi connectivity index (χ4n) is 2.29. The second-order valence-electron chi connectivity index (χ2n) is 5.79. The first kappa shape index (κ1) is 20.3. The van der Waals surface area contributed by atoms with Crippen LogP contribution in [0.25, 0.3) is 0 Å². The summed E-state index contributed by atoms with van der Waals surface area (Å²) in [5.41, 5.74) is 6.39. The lowest BCUT2D eigenvalue weighted by atomic mass is 10.1. The van der Waals surface area contributed by atoms with Crippen molar-refractivity contribution in [1.82, 2.24) is 0 Å². The highest BCUT2D eigenvalue weighted by atomic mass is 32.1. The molecular weight excluding hydrogens is 405 g/mol. The fraction of sp³-hybridized carbons (Fsp3) is 0. The van der Waals surface area contributed by atoms with Crippen molar-refractivity contribution in [3.63, 3.8) is 0 Å². The van der Waals surface area contributed by atoms with Crippen LogP contribution in [0, 0.1) is 52.8 Å². The van der Waals surface area contributed by atoms with Crippen molar-refractivity contribution in [3.8, 4) is 23.7 Å². The molecule has 0 spiro atoms. The van der Waals surface area contributed by atoms with Crippen molar-refractivity contribution < 1.29 is 22.0 Å². The molecule has 0 aromatic heterocycles. The third-order valence-electron chi connectivity index (χ3n) is 3.80. The normalized spacial score (nSPS) is 10.0. The Morgan fingerprint density at radius 1 is 0.621 bits per heavy atom. The maximum atomic E-state index is 13.7. The van der Waals surface area contributed by atoms with E-state index >= 15 is 0 Å². The SMILES string of the molecule is Nc1cc(C#Cc2c(F)c(F)c(F)c(F)c2F)ccc1C#Cc1ccc(S)cc1. The molecule has 0 amide bonds. The molecule has 0 unspecified atom stereocenters. The van der Waals surface area contributed by atoms with E-state index in [9.17, 15) is 22.0 Å². The third kappa shape index (κ3) is 4.37. The summed E-state index contributed by atoms with van der Waals surface area (Å²) in [5.74, 6) is -0.202. The molecule has 0 radical (unpaired) electrons. The third-order valence-corrected chi connectivity index (χ3v) is 4.10. The number of thiol groups is 1. The molecule has 3 aromatic rings. The average molecular weight is 415 g/mol. The van der Waals surface area contributed by atoms with Gasteiger partial charge >= 0.3 is 0 Å². The molecule has 0 atom stereocenters. The monoisotopic (exact) mass is 415 g/mol. The maximum Gasteiger partial charge on any atom is 0.200 e. The van der Waals surface area contributed by atoms with Gasteiger partial charge in [0.25, 0.3) is 0 Å². The number of hydrogen-bond donors (Lipinski definition) is 2. The predicted octanol–water partition coefficient (Wildman–Crippen LogP) is 5.05. The number of nitrogens with two attached hydrogens (primary N) is 1. The summed E-state index contributed by atoms with van der Waals surface area (Å²) in [6.07, 6.45) is 0. The Bertz CT molecular complexity index is 1200. The Balaban J connectivity index is 1.91. The van der Waals surface area contributed by atoms with Crippen molar-refractivity contribution in [1.29, 1.82) is 0 Å². The van der Waals surface area contributed by atoms with E-state index in [-0.39, 0.29) is 11.3 Å². The zero-order valence-corrected chi connectivity index (χ0v) is 15.4. The largest absolute Gasteiger partial charge is 0.398 e. The van der Waals surface area contributed by atoms with Gasteiger partial charge in [0.2, 0.25) is 5.82 Å². The molecule has 29 heavy (non-hydrogen) atoms. The van der Waals surface area contributed by atoms with Crippen LogP contribution in [-0.2, 0) is 0 Å². The van der Waals surface area contributed by atoms with E-state index in [0.717, 1.165) is 10.5 Å². The van der Waals surface area contributed by atoms with Crippen LogP contribution in [0.5, 0.6) is 0 Å². The minimum Gasteiger partial charge on any atom is -0.398 e. The molecule has 0 fully saturated rings. The summed E-state index contributed by atoms with van der Waals surface area (Å²) in [5, 5.41) is 0. The molecule has 2 N–H and O–H groups in total. The Morgan fingerprint density at radius 3 is 1.72 bits per heavy atom. The highest BCUT2D eigenvalue weighted by Gasteiger charge is 2.24. The lowest BCUT2D eigenvalue weighted by Crippen LogP contribution is -2.04. The van der Waals surface area contributed by atoms with Crippen molar-refractivity contribution >= 4 is 18.3 Å². The van der Waals surface area contributed by atoms with E-state index in [1.54, 1.807) is 24.3 Å². The molecule has 0 aliphatic carbocycles. The van der Waals surface area contributed by atoms with E-state index < -0.39 is 34.6 Å². The highest BCUT2D eigenvalue weighted by molar-refractivity contribution is 7.80. The molecular formula is C22H10F5NS. The van der Waals surface area contributed by atoms with Gasteiger partial charge in [-0.3, -0.25) is 0 Å². The Morgan fingerprint density at radius 2 is 1.14 bits per heavy atom. The summed E-state index contributed by atoms with van der Waals surface area (Å²) < 4.78 is 66.8. The summed E-state index contributed by atoms with van der Waals surface area (Å²) in [6.45, 7) is 0. The molecule has 0 bridgehead atoms. The summed E-state index contributed by atoms with van der Waals surface area (Å²) >= 11 is 4.18. The number of nitrogen functional groups attached to an aromatic ring is 1. The molecule has 3 rings (SSSR count). The summed E-state index contributed by atoms with van der Waals surface area (Å²) in [6, 6.07) is 11.5. The Kier molecular flexibility index (Phi) is 5.81. The standard InChI is InChI=1S/C22H10F5NS/c23-18-16(19(24)21(26)22(27)20(18)25)10-5-13-2-7-14(17(28)11-13)6-1-12-3-8-15(29)9-4-12/h2-4,7-9,11,29H,28H2. The minimum atomic E-state index is -2.23. The Hall–Kier alpha value is -3.42. The van der Waals surface area contributed by atoms with Crippen molar-refractivity contribution in [3.05, 3.63) is 93.8 Å². The van der Waals surface area contributed by atoms with Gasteiger partial charge in [-0.1, -0.05) is 23.7 Å². The molecule has 0 saturated carbocycles. The van der Waals surface area contributed by atoms with Crippen molar-refractivity contribution in [2.24, 2.45) is 0 Å². The van der Waals surface area contributed by atoms with E-state index in [4.69, 9.17) is 5.73 Å². The van der Waals surface area contributed by atoms with Crippen LogP contribution in [-0.4, -0.2) is 0 Å². The second kappa shape index (κ2) is 8.30. The number of anilines is 1. The minimum absolute atomic E-state index is 0.219. The molecule has 7 heteroatoms. The van der Waals surface area contributed by atoms with E-state index in [1.807, 2.05) is 5.92 Å². The Labute approximate surface area is 168 Å². The molecule has 144 valence electrons. The zero-order valence-electron chi connectivity index (χ0n) is 14.5. The molecule has 0 aliphatic heterocycles. The van der Waals surface area contributed by atoms with Crippen LogP contribution >= 0.6 is 12.6 Å². The second-order valence-corrected chi connectivity index (χ2v) is 6.31. The first-order chi connectivity index (χ1) is 13.8. The van der Waals surface area contributed by atoms with Crippen molar-refractivity contribution in [2.45, 2.75) is 4.90 Å². The number of hydrogen-bond acceptors (Lipinski definition) is 2. The van der Waals surface area contributed by atoms with Crippen LogP contribution in [0.15, 0.2) is 47.4 Å². The maximum absolute atomic E-state index is 13.7. The molecule has 0 aliphatic rings. The number of benzene rings is 3. The fourth-order valence-corrected chi connectivity index (χ4v) is 2.44. The van der Waals surface area contributed by atoms with Gasteiger partial charge < -0.3 is 5.73 Å². The molecule has 0 saturated heterocycles.